The van der Waals surface area contributed by atoms with E-state index in [1.807, 2.05) is 23.5 Å². The summed E-state index contributed by atoms with van der Waals surface area (Å²) in [6, 6.07) is 1.72. The average molecular weight is 498 g/mol. The van der Waals surface area contributed by atoms with Gasteiger partial charge in [0.1, 0.15) is 78.9 Å². The van der Waals surface area contributed by atoms with Gasteiger partial charge in [0.25, 0.3) is 5.91 Å². The van der Waals surface area contributed by atoms with Crippen molar-refractivity contribution in [2.75, 3.05) is 13.2 Å². The molecule has 1 aliphatic heterocycles. The highest BCUT2D eigenvalue weighted by molar-refractivity contribution is 6.64. The van der Waals surface area contributed by atoms with E-state index in [0.717, 1.165) is 27.5 Å². The van der Waals surface area contributed by atoms with Gasteiger partial charge in [-0.25, -0.2) is 9.97 Å². The number of hydrogen-bond acceptors (Lipinski definition) is 5. The number of benzene rings is 2. The fraction of sp³-hybridized carbons (Fsp3) is 0.190. The Bertz CT molecular complexity index is 1380. The molecular formula is C21H23B7F3N3O3. The topological polar surface area (TPSA) is 64.6 Å². The molecule has 0 fully saturated rings. The zero-order chi connectivity index (χ0) is 27.2. The summed E-state index contributed by atoms with van der Waals surface area (Å²) >= 11 is 0. The number of halogens is 3. The van der Waals surface area contributed by atoms with Gasteiger partial charge in [0, 0.05) is 12.4 Å². The number of ether oxygens (including phenoxy) is 2. The third-order valence-corrected chi connectivity index (χ3v) is 7.34. The fourth-order valence-corrected chi connectivity index (χ4v) is 5.11. The SMILES string of the molecule is Bc1c(B)c(-c2c(B)c(B)c3c(c2B)C(=O)N(Cc2ncccn2)CCO3)c(B)c(B)c1OC(F)(F)F. The summed E-state index contributed by atoms with van der Waals surface area (Å²) in [5, 5.41) is 0. The molecule has 4 rings (SSSR count). The zero-order valence-corrected chi connectivity index (χ0v) is 22.1. The molecule has 0 aliphatic carbocycles. The van der Waals surface area contributed by atoms with E-state index in [9.17, 15) is 18.0 Å². The summed E-state index contributed by atoms with van der Waals surface area (Å²) in [5.41, 5.74) is 6.71. The number of alkyl halides is 3. The Kier molecular flexibility index (Phi) is 7.23. The molecule has 2 heterocycles. The van der Waals surface area contributed by atoms with Crippen LogP contribution in [-0.4, -0.2) is 95.2 Å². The minimum absolute atomic E-state index is 0.179. The van der Waals surface area contributed by atoms with Crippen LogP contribution >= 0.6 is 0 Å². The number of nitrogens with zero attached hydrogens (tertiary/aromatic N) is 3. The van der Waals surface area contributed by atoms with Crippen LogP contribution in [0.1, 0.15) is 16.2 Å². The summed E-state index contributed by atoms with van der Waals surface area (Å²) in [4.78, 5) is 24.0. The lowest BCUT2D eigenvalue weighted by Gasteiger charge is -2.27. The normalized spacial score (nSPS) is 13.6. The summed E-state index contributed by atoms with van der Waals surface area (Å²) in [7, 11) is 12.6. The highest BCUT2D eigenvalue weighted by Gasteiger charge is 2.34. The number of amides is 1. The van der Waals surface area contributed by atoms with Crippen LogP contribution in [-0.2, 0) is 6.54 Å². The van der Waals surface area contributed by atoms with E-state index in [1.54, 1.807) is 54.7 Å². The van der Waals surface area contributed by atoms with Gasteiger partial charge >= 0.3 is 6.36 Å². The van der Waals surface area contributed by atoms with Gasteiger partial charge in [-0.3, -0.25) is 4.79 Å². The number of hydrogen-bond donors (Lipinski definition) is 0. The number of rotatable bonds is 4. The van der Waals surface area contributed by atoms with Crippen LogP contribution in [0.3, 0.4) is 0 Å². The van der Waals surface area contributed by atoms with E-state index >= 15 is 0 Å². The van der Waals surface area contributed by atoms with Crippen molar-refractivity contribution in [3.63, 3.8) is 0 Å². The Morgan fingerprint density at radius 3 is 1.95 bits per heavy atom. The van der Waals surface area contributed by atoms with Gasteiger partial charge in [-0.1, -0.05) is 38.2 Å². The second-order valence-corrected chi connectivity index (χ2v) is 9.45. The zero-order valence-electron chi connectivity index (χ0n) is 22.1. The monoisotopic (exact) mass is 499 g/mol. The maximum Gasteiger partial charge on any atom is 0.573 e. The maximum atomic E-state index is 13.9. The molecule has 0 saturated carbocycles. The molecule has 0 unspecified atom stereocenters. The fourth-order valence-electron chi connectivity index (χ4n) is 5.11. The molecule has 0 saturated heterocycles. The van der Waals surface area contributed by atoms with Gasteiger partial charge in [-0.15, -0.1) is 13.2 Å². The highest BCUT2D eigenvalue weighted by Crippen LogP contribution is 2.24. The predicted molar refractivity (Wildman–Crippen MR) is 158 cm³/mol. The molecule has 0 radical (unpaired) electrons. The Labute approximate surface area is 220 Å². The Balaban J connectivity index is 1.92. The van der Waals surface area contributed by atoms with Crippen LogP contribution < -0.4 is 47.7 Å². The molecule has 0 atom stereocenters. The smallest absolute Gasteiger partial charge is 0.492 e. The van der Waals surface area contributed by atoms with Crippen molar-refractivity contribution in [1.29, 1.82) is 0 Å². The molecule has 37 heavy (non-hydrogen) atoms. The first-order valence-corrected chi connectivity index (χ1v) is 12.0. The van der Waals surface area contributed by atoms with Crippen LogP contribution in [0.5, 0.6) is 11.5 Å². The highest BCUT2D eigenvalue weighted by atomic mass is 19.4. The van der Waals surface area contributed by atoms with Gasteiger partial charge in [0.05, 0.1) is 18.7 Å². The van der Waals surface area contributed by atoms with Crippen LogP contribution in [0.15, 0.2) is 18.5 Å². The maximum absolute atomic E-state index is 13.9. The van der Waals surface area contributed by atoms with Gasteiger partial charge in [0.15, 0.2) is 0 Å². The summed E-state index contributed by atoms with van der Waals surface area (Å²) in [6.07, 6.45) is -1.53. The predicted octanol–water partition coefficient (Wildman–Crippen LogP) is -8.11. The first-order chi connectivity index (χ1) is 17.3. The number of aromatic nitrogens is 2. The Morgan fingerprint density at radius 1 is 0.838 bits per heavy atom. The van der Waals surface area contributed by atoms with Crippen LogP contribution in [0.2, 0.25) is 0 Å². The lowest BCUT2D eigenvalue weighted by atomic mass is 9.60. The first kappa shape index (κ1) is 26.9. The number of fused-ring (bicyclic) bond motifs is 1. The first-order valence-electron chi connectivity index (χ1n) is 12.0. The molecule has 0 N–H and O–H groups in total. The van der Waals surface area contributed by atoms with E-state index in [1.165, 1.54) is 0 Å². The van der Waals surface area contributed by atoms with Crippen molar-refractivity contribution < 1.29 is 27.4 Å². The molecule has 1 amide bonds. The largest absolute Gasteiger partial charge is 0.573 e. The Morgan fingerprint density at radius 2 is 1.38 bits per heavy atom. The molecule has 1 aliphatic rings. The van der Waals surface area contributed by atoms with Crippen molar-refractivity contribution in [3.8, 4) is 22.6 Å². The van der Waals surface area contributed by atoms with Crippen molar-refractivity contribution in [1.82, 2.24) is 14.9 Å². The molecular weight excluding hydrogens is 475 g/mol. The third-order valence-electron chi connectivity index (χ3n) is 7.34. The summed E-state index contributed by atoms with van der Waals surface area (Å²) < 4.78 is 49.9. The molecule has 1 aromatic heterocycles. The second-order valence-electron chi connectivity index (χ2n) is 9.45. The second kappa shape index (κ2) is 9.95. The molecule has 182 valence electrons. The van der Waals surface area contributed by atoms with E-state index in [-0.39, 0.29) is 18.2 Å². The lowest BCUT2D eigenvalue weighted by molar-refractivity contribution is -0.273. The van der Waals surface area contributed by atoms with Crippen molar-refractivity contribution >= 4 is 99.1 Å². The van der Waals surface area contributed by atoms with Gasteiger partial charge in [-0.05, 0) is 17.2 Å². The lowest BCUT2D eigenvalue weighted by Crippen LogP contribution is -2.48. The Hall–Kier alpha value is -3.17. The molecule has 0 spiro atoms. The van der Waals surface area contributed by atoms with E-state index in [4.69, 9.17) is 4.74 Å². The van der Waals surface area contributed by atoms with Crippen LogP contribution in [0.4, 0.5) is 13.2 Å². The molecule has 0 bridgehead atoms. The van der Waals surface area contributed by atoms with Crippen LogP contribution in [0.25, 0.3) is 11.1 Å². The van der Waals surface area contributed by atoms with Gasteiger partial charge in [0.2, 0.25) is 0 Å². The molecule has 3 aromatic rings. The standard InChI is InChI=1S/C21H23B7F3N3O3/c22-11-8(9-13(24)16(27)19(17(28)14(9)25)37-21(29,30)31)12(23)15(26)18-10(11)20(35)34(4-5-36-18)6-7-32-2-1-3-33-7/h1-3H,4-6,22-28H2. The van der Waals surface area contributed by atoms with Gasteiger partial charge in [-0.2, -0.15) is 0 Å². The van der Waals surface area contributed by atoms with Crippen molar-refractivity contribution in [2.45, 2.75) is 12.9 Å². The number of carbonyl (C=O) groups excluding carboxylic acids is 1. The van der Waals surface area contributed by atoms with Crippen LogP contribution in [0, 0.1) is 0 Å². The van der Waals surface area contributed by atoms with Crippen molar-refractivity contribution in [3.05, 3.63) is 29.8 Å². The summed E-state index contributed by atoms with van der Waals surface area (Å²) in [5.74, 6) is 0.698. The minimum Gasteiger partial charge on any atom is -0.492 e. The van der Waals surface area contributed by atoms with Gasteiger partial charge < -0.3 is 14.4 Å². The minimum atomic E-state index is -4.79. The van der Waals surface area contributed by atoms with E-state index in [2.05, 4.69) is 14.7 Å². The van der Waals surface area contributed by atoms with E-state index in [0.29, 0.717) is 52.1 Å². The number of carbonyl (C=O) groups is 1. The van der Waals surface area contributed by atoms with Crippen molar-refractivity contribution in [2.24, 2.45) is 0 Å². The molecule has 6 nitrogen and oxygen atoms in total. The van der Waals surface area contributed by atoms with E-state index < -0.39 is 6.36 Å². The quantitative estimate of drug-likeness (QED) is 0.335. The summed E-state index contributed by atoms with van der Waals surface area (Å²) in [6.45, 7) is 0.938. The third kappa shape index (κ3) is 4.90. The molecule has 2 aromatic carbocycles. The average Bonchev–Trinajstić information content (AvgIpc) is 3.00. The molecule has 16 heteroatoms.